The van der Waals surface area contributed by atoms with Gasteiger partial charge in [0.2, 0.25) is 5.95 Å². The number of rotatable bonds is 2. The van der Waals surface area contributed by atoms with E-state index in [0.717, 1.165) is 29.3 Å². The van der Waals surface area contributed by atoms with Gasteiger partial charge >= 0.3 is 0 Å². The summed E-state index contributed by atoms with van der Waals surface area (Å²) in [4.78, 5) is 9.83. The molecule has 84 valence electrons. The molecule has 0 spiro atoms. The maximum atomic E-state index is 5.61. The van der Waals surface area contributed by atoms with Crippen molar-refractivity contribution in [1.82, 2.24) is 25.0 Å². The zero-order valence-electron chi connectivity index (χ0n) is 9.60. The summed E-state index contributed by atoms with van der Waals surface area (Å²) < 4.78 is 0. The Bertz CT molecular complexity index is 496. The molecule has 0 saturated carbocycles. The van der Waals surface area contributed by atoms with E-state index in [9.17, 15) is 0 Å². The minimum Gasteiger partial charge on any atom is -0.368 e. The number of aryl methyl sites for hydroxylation is 3. The largest absolute Gasteiger partial charge is 0.368 e. The van der Waals surface area contributed by atoms with Gasteiger partial charge < -0.3 is 5.73 Å². The van der Waals surface area contributed by atoms with Gasteiger partial charge in [-0.05, 0) is 26.8 Å². The Morgan fingerprint density at radius 3 is 2.56 bits per heavy atom. The third kappa shape index (κ3) is 1.86. The van der Waals surface area contributed by atoms with Crippen LogP contribution in [0, 0.1) is 13.8 Å². The van der Waals surface area contributed by atoms with Crippen LogP contribution in [0.3, 0.4) is 0 Å². The van der Waals surface area contributed by atoms with Crippen molar-refractivity contribution in [2.75, 3.05) is 5.73 Å². The van der Waals surface area contributed by atoms with Crippen molar-refractivity contribution in [3.05, 3.63) is 17.5 Å². The average molecular weight is 218 g/mol. The van der Waals surface area contributed by atoms with Crippen LogP contribution < -0.4 is 5.73 Å². The molecule has 0 atom stereocenters. The highest BCUT2D eigenvalue weighted by atomic mass is 15.5. The van der Waals surface area contributed by atoms with E-state index in [1.807, 2.05) is 26.8 Å². The van der Waals surface area contributed by atoms with Gasteiger partial charge in [-0.15, -0.1) is 0 Å². The highest BCUT2D eigenvalue weighted by Crippen LogP contribution is 2.18. The molecule has 2 aromatic heterocycles. The topological polar surface area (TPSA) is 82.5 Å². The molecule has 2 N–H and O–H groups in total. The van der Waals surface area contributed by atoms with Gasteiger partial charge in [0.05, 0.1) is 17.9 Å². The summed E-state index contributed by atoms with van der Waals surface area (Å²) in [5, 5.41) is 8.61. The van der Waals surface area contributed by atoms with Gasteiger partial charge in [-0.1, -0.05) is 0 Å². The van der Waals surface area contributed by atoms with Crippen LogP contribution in [0.1, 0.15) is 18.3 Å². The van der Waals surface area contributed by atoms with Gasteiger partial charge in [0.25, 0.3) is 0 Å². The maximum Gasteiger partial charge on any atom is 0.220 e. The Hall–Kier alpha value is -1.98. The van der Waals surface area contributed by atoms with Gasteiger partial charge in [-0.25, -0.2) is 9.97 Å². The number of nitrogens with zero attached hydrogens (tertiary/aromatic N) is 5. The molecule has 0 aliphatic carbocycles. The van der Waals surface area contributed by atoms with Crippen LogP contribution >= 0.6 is 0 Å². The maximum absolute atomic E-state index is 5.61. The van der Waals surface area contributed by atoms with Crippen molar-refractivity contribution in [2.24, 2.45) is 0 Å². The van der Waals surface area contributed by atoms with Crippen LogP contribution in [0.25, 0.3) is 11.4 Å². The Kier molecular flexibility index (Phi) is 2.55. The van der Waals surface area contributed by atoms with E-state index < -0.39 is 0 Å². The summed E-state index contributed by atoms with van der Waals surface area (Å²) in [5.41, 5.74) is 8.77. The molecule has 0 aromatic carbocycles. The Morgan fingerprint density at radius 1 is 1.25 bits per heavy atom. The molecule has 0 saturated heterocycles. The highest BCUT2D eigenvalue weighted by molar-refractivity contribution is 5.57. The zero-order valence-corrected chi connectivity index (χ0v) is 9.60. The Balaban J connectivity index is 2.53. The van der Waals surface area contributed by atoms with E-state index in [-0.39, 0.29) is 5.95 Å². The minimum absolute atomic E-state index is 0.264. The van der Waals surface area contributed by atoms with E-state index >= 15 is 0 Å². The third-order valence-electron chi connectivity index (χ3n) is 2.22. The fourth-order valence-corrected chi connectivity index (χ4v) is 1.52. The van der Waals surface area contributed by atoms with Crippen LogP contribution in [0.4, 0.5) is 5.95 Å². The van der Waals surface area contributed by atoms with E-state index in [1.54, 1.807) is 4.80 Å². The first-order chi connectivity index (χ1) is 7.60. The summed E-state index contributed by atoms with van der Waals surface area (Å²) in [6.45, 7) is 6.51. The van der Waals surface area contributed by atoms with Crippen molar-refractivity contribution in [3.63, 3.8) is 0 Å². The molecule has 2 aromatic rings. The second kappa shape index (κ2) is 3.88. The fraction of sp³-hybridized carbons (Fsp3) is 0.400. The monoisotopic (exact) mass is 218 g/mol. The van der Waals surface area contributed by atoms with Crippen molar-refractivity contribution in [1.29, 1.82) is 0 Å². The quantitative estimate of drug-likeness (QED) is 0.811. The summed E-state index contributed by atoms with van der Waals surface area (Å²) in [5.74, 6) is 0.264. The van der Waals surface area contributed by atoms with Gasteiger partial charge in [0, 0.05) is 5.69 Å². The molecular formula is C10H14N6. The third-order valence-corrected chi connectivity index (χ3v) is 2.22. The molecule has 0 unspecified atom stereocenters. The first kappa shape index (κ1) is 10.5. The lowest BCUT2D eigenvalue weighted by Gasteiger charge is -2.00. The van der Waals surface area contributed by atoms with Gasteiger partial charge in [-0.2, -0.15) is 15.0 Å². The predicted octanol–water partition coefficient (Wildman–Crippen LogP) is 0.954. The van der Waals surface area contributed by atoms with Crippen molar-refractivity contribution < 1.29 is 0 Å². The smallest absolute Gasteiger partial charge is 0.220 e. The molecule has 16 heavy (non-hydrogen) atoms. The van der Waals surface area contributed by atoms with E-state index in [1.165, 1.54) is 0 Å². The molecule has 2 heterocycles. The Labute approximate surface area is 93.5 Å². The first-order valence-corrected chi connectivity index (χ1v) is 5.13. The lowest BCUT2D eigenvalue weighted by molar-refractivity contribution is 0.567. The highest BCUT2D eigenvalue weighted by Gasteiger charge is 2.11. The zero-order chi connectivity index (χ0) is 11.7. The summed E-state index contributed by atoms with van der Waals surface area (Å²) >= 11 is 0. The summed E-state index contributed by atoms with van der Waals surface area (Å²) in [6.07, 6.45) is 0. The molecule has 6 heteroatoms. The van der Waals surface area contributed by atoms with Crippen molar-refractivity contribution in [2.45, 2.75) is 27.3 Å². The van der Waals surface area contributed by atoms with Gasteiger partial charge in [0.1, 0.15) is 5.69 Å². The van der Waals surface area contributed by atoms with E-state index in [4.69, 9.17) is 5.73 Å². The molecule has 0 aliphatic heterocycles. The normalized spacial score (nSPS) is 10.7. The molecular weight excluding hydrogens is 204 g/mol. The number of hydrogen-bond donors (Lipinski definition) is 1. The number of nitrogens with two attached hydrogens (primary N) is 1. The molecule has 0 fully saturated rings. The minimum atomic E-state index is 0.264. The van der Waals surface area contributed by atoms with Crippen LogP contribution in [0.15, 0.2) is 6.07 Å². The van der Waals surface area contributed by atoms with Crippen LogP contribution in [-0.2, 0) is 6.54 Å². The lowest BCUT2D eigenvalue weighted by atomic mass is 10.2. The van der Waals surface area contributed by atoms with E-state index in [2.05, 4.69) is 20.2 Å². The standard InChI is InChI=1S/C10H14N6/c1-4-16-14-7(3)9(15-16)8-5-6(2)12-10(11)13-8/h5H,4H2,1-3H3,(H2,11,12,13). The first-order valence-electron chi connectivity index (χ1n) is 5.13. The molecule has 0 radical (unpaired) electrons. The average Bonchev–Trinajstić information content (AvgIpc) is 2.58. The summed E-state index contributed by atoms with van der Waals surface area (Å²) in [6, 6.07) is 1.85. The fourth-order valence-electron chi connectivity index (χ4n) is 1.52. The van der Waals surface area contributed by atoms with Crippen molar-refractivity contribution >= 4 is 5.95 Å². The molecule has 0 aliphatic rings. The van der Waals surface area contributed by atoms with Crippen LogP contribution in [-0.4, -0.2) is 25.0 Å². The second-order valence-electron chi connectivity index (χ2n) is 3.58. The summed E-state index contributed by atoms with van der Waals surface area (Å²) in [7, 11) is 0. The predicted molar refractivity (Wildman–Crippen MR) is 60.6 cm³/mol. The lowest BCUT2D eigenvalue weighted by Crippen LogP contribution is -2.00. The van der Waals surface area contributed by atoms with Crippen LogP contribution in [0.5, 0.6) is 0 Å². The number of nitrogen functional groups attached to an aromatic ring is 1. The molecule has 6 nitrogen and oxygen atoms in total. The van der Waals surface area contributed by atoms with Gasteiger partial charge in [-0.3, -0.25) is 0 Å². The molecule has 0 bridgehead atoms. The van der Waals surface area contributed by atoms with E-state index in [0.29, 0.717) is 0 Å². The van der Waals surface area contributed by atoms with Gasteiger partial charge in [0.15, 0.2) is 0 Å². The number of hydrogen-bond acceptors (Lipinski definition) is 5. The Morgan fingerprint density at radius 2 is 2.00 bits per heavy atom. The SMILES string of the molecule is CCn1nc(C)c(-c2cc(C)nc(N)n2)n1. The van der Waals surface area contributed by atoms with Crippen LogP contribution in [0.2, 0.25) is 0 Å². The molecule has 0 amide bonds. The second-order valence-corrected chi connectivity index (χ2v) is 3.58. The molecule has 2 rings (SSSR count). The number of aromatic nitrogens is 5. The number of anilines is 1. The van der Waals surface area contributed by atoms with Crippen molar-refractivity contribution in [3.8, 4) is 11.4 Å².